The monoisotopic (exact) mass is 181 g/mol. The lowest BCUT2D eigenvalue weighted by Crippen LogP contribution is -2.12. The number of fused-ring (bicyclic) bond motifs is 1. The molecule has 2 aromatic heterocycles. The number of hydrogen-bond acceptors (Lipinski definition) is 4. The number of hydrogen-bond donors (Lipinski definition) is 1. The van der Waals surface area contributed by atoms with Gasteiger partial charge in [0.05, 0.1) is 6.33 Å². The molecule has 0 aliphatic carbocycles. The van der Waals surface area contributed by atoms with Gasteiger partial charge in [-0.2, -0.15) is 14.4 Å². The summed E-state index contributed by atoms with van der Waals surface area (Å²) in [5.41, 5.74) is 0.989. The van der Waals surface area contributed by atoms with Crippen LogP contribution in [0.5, 0.6) is 0 Å². The minimum Gasteiger partial charge on any atom is -0.361 e. The van der Waals surface area contributed by atoms with Gasteiger partial charge < -0.3 is 9.88 Å². The summed E-state index contributed by atoms with van der Waals surface area (Å²) in [6, 6.07) is 0. The van der Waals surface area contributed by atoms with E-state index < -0.39 is 6.08 Å². The van der Waals surface area contributed by atoms with Crippen LogP contribution in [0.2, 0.25) is 0 Å². The molecule has 0 spiro atoms. The van der Waals surface area contributed by atoms with Crippen molar-refractivity contribution >= 4 is 17.0 Å². The second-order valence-corrected chi connectivity index (χ2v) is 2.81. The highest BCUT2D eigenvalue weighted by atomic mass is 19.1. The van der Waals surface area contributed by atoms with Crippen LogP contribution < -0.4 is 4.90 Å². The summed E-state index contributed by atoms with van der Waals surface area (Å²) in [4.78, 5) is 15.6. The van der Waals surface area contributed by atoms with Crippen LogP contribution in [0.3, 0.4) is 0 Å². The fourth-order valence-electron chi connectivity index (χ4n) is 1.12. The van der Waals surface area contributed by atoms with Crippen molar-refractivity contribution in [3.63, 3.8) is 0 Å². The molecule has 0 saturated carbocycles. The Morgan fingerprint density at radius 3 is 2.85 bits per heavy atom. The molecule has 0 radical (unpaired) electrons. The van der Waals surface area contributed by atoms with Crippen molar-refractivity contribution < 1.29 is 4.39 Å². The van der Waals surface area contributed by atoms with Crippen molar-refractivity contribution in [1.82, 2.24) is 19.9 Å². The zero-order chi connectivity index (χ0) is 9.42. The number of imidazole rings is 1. The van der Waals surface area contributed by atoms with E-state index in [0.29, 0.717) is 17.0 Å². The van der Waals surface area contributed by atoms with Crippen LogP contribution in [0.25, 0.3) is 11.2 Å². The van der Waals surface area contributed by atoms with E-state index in [9.17, 15) is 4.39 Å². The van der Waals surface area contributed by atoms with E-state index in [0.717, 1.165) is 0 Å². The number of nitrogens with one attached hydrogen (secondary N) is 1. The Labute approximate surface area is 73.6 Å². The van der Waals surface area contributed by atoms with Crippen LogP contribution in [0.4, 0.5) is 10.2 Å². The first kappa shape index (κ1) is 7.90. The smallest absolute Gasteiger partial charge is 0.312 e. The van der Waals surface area contributed by atoms with E-state index in [1.807, 2.05) is 0 Å². The van der Waals surface area contributed by atoms with Crippen molar-refractivity contribution in [3.05, 3.63) is 12.4 Å². The maximum atomic E-state index is 12.8. The zero-order valence-corrected chi connectivity index (χ0v) is 7.24. The van der Waals surface area contributed by atoms with Gasteiger partial charge in [-0.1, -0.05) is 0 Å². The molecule has 6 heteroatoms. The number of nitrogens with zero attached hydrogens (tertiary/aromatic N) is 4. The molecule has 0 atom stereocenters. The molecule has 68 valence electrons. The minimum absolute atomic E-state index is 0.344. The van der Waals surface area contributed by atoms with E-state index in [2.05, 4.69) is 19.9 Å². The Bertz CT molecular complexity index is 435. The lowest BCUT2D eigenvalue weighted by Gasteiger charge is -2.10. The Morgan fingerprint density at radius 2 is 2.15 bits per heavy atom. The number of aromatic nitrogens is 4. The molecule has 2 aromatic rings. The molecule has 2 heterocycles. The predicted octanol–water partition coefficient (Wildman–Crippen LogP) is 0.558. The van der Waals surface area contributed by atoms with Crippen LogP contribution in [0.1, 0.15) is 0 Å². The molecule has 0 aliphatic heterocycles. The van der Waals surface area contributed by atoms with E-state index in [-0.39, 0.29) is 0 Å². The topological polar surface area (TPSA) is 57.7 Å². The molecule has 13 heavy (non-hydrogen) atoms. The summed E-state index contributed by atoms with van der Waals surface area (Å²) in [6.07, 6.45) is 0.703. The summed E-state index contributed by atoms with van der Waals surface area (Å²) in [6.45, 7) is 0. The van der Waals surface area contributed by atoms with Gasteiger partial charge in [-0.05, 0) is 0 Å². The van der Waals surface area contributed by atoms with Gasteiger partial charge in [0.15, 0.2) is 11.5 Å². The third kappa shape index (κ3) is 1.20. The molecule has 1 N–H and O–H groups in total. The first-order valence-corrected chi connectivity index (χ1v) is 3.72. The first-order valence-electron chi connectivity index (χ1n) is 3.72. The number of anilines is 1. The van der Waals surface area contributed by atoms with E-state index >= 15 is 0 Å². The average molecular weight is 181 g/mol. The summed E-state index contributed by atoms with van der Waals surface area (Å²) >= 11 is 0. The summed E-state index contributed by atoms with van der Waals surface area (Å²) in [7, 11) is 3.56. The fourth-order valence-corrected chi connectivity index (χ4v) is 1.12. The second-order valence-electron chi connectivity index (χ2n) is 2.81. The number of H-pyrrole nitrogens is 1. The van der Waals surface area contributed by atoms with E-state index in [4.69, 9.17) is 0 Å². The van der Waals surface area contributed by atoms with Crippen molar-refractivity contribution in [2.24, 2.45) is 0 Å². The molecular weight excluding hydrogens is 173 g/mol. The SMILES string of the molecule is CN(C)c1nc(F)nc2nc[nH]c12. The number of halogens is 1. The first-order chi connectivity index (χ1) is 6.18. The normalized spacial score (nSPS) is 10.7. The van der Waals surface area contributed by atoms with Gasteiger partial charge >= 0.3 is 6.08 Å². The highest BCUT2D eigenvalue weighted by Crippen LogP contribution is 2.17. The largest absolute Gasteiger partial charge is 0.361 e. The van der Waals surface area contributed by atoms with Crippen LogP contribution in [-0.2, 0) is 0 Å². The molecule has 0 bridgehead atoms. The van der Waals surface area contributed by atoms with Crippen LogP contribution in [0.15, 0.2) is 6.33 Å². The molecule has 0 aromatic carbocycles. The van der Waals surface area contributed by atoms with Gasteiger partial charge in [0, 0.05) is 14.1 Å². The molecule has 2 rings (SSSR count). The molecule has 0 amide bonds. The van der Waals surface area contributed by atoms with Crippen LogP contribution in [0, 0.1) is 6.08 Å². The van der Waals surface area contributed by atoms with Crippen molar-refractivity contribution in [3.8, 4) is 0 Å². The Balaban J connectivity index is 2.77. The van der Waals surface area contributed by atoms with Crippen molar-refractivity contribution in [1.29, 1.82) is 0 Å². The van der Waals surface area contributed by atoms with Crippen LogP contribution in [-0.4, -0.2) is 34.0 Å². The van der Waals surface area contributed by atoms with Gasteiger partial charge in [-0.25, -0.2) is 4.98 Å². The third-order valence-electron chi connectivity index (χ3n) is 1.66. The van der Waals surface area contributed by atoms with E-state index in [1.165, 1.54) is 6.33 Å². The van der Waals surface area contributed by atoms with Gasteiger partial charge in [-0.3, -0.25) is 0 Å². The summed E-state index contributed by atoms with van der Waals surface area (Å²) in [5.74, 6) is 0.500. The summed E-state index contributed by atoms with van der Waals surface area (Å²) < 4.78 is 12.8. The summed E-state index contributed by atoms with van der Waals surface area (Å²) in [5, 5.41) is 0. The second kappa shape index (κ2) is 2.65. The third-order valence-corrected chi connectivity index (χ3v) is 1.66. The zero-order valence-electron chi connectivity index (χ0n) is 7.24. The Hall–Kier alpha value is -1.72. The number of aromatic amines is 1. The molecule has 0 unspecified atom stereocenters. The predicted molar refractivity (Wildman–Crippen MR) is 46.0 cm³/mol. The Morgan fingerprint density at radius 1 is 1.38 bits per heavy atom. The minimum atomic E-state index is -0.761. The van der Waals surface area contributed by atoms with Gasteiger partial charge in [-0.15, -0.1) is 0 Å². The van der Waals surface area contributed by atoms with Crippen molar-refractivity contribution in [2.75, 3.05) is 19.0 Å². The molecule has 5 nitrogen and oxygen atoms in total. The van der Waals surface area contributed by atoms with Crippen LogP contribution >= 0.6 is 0 Å². The molecule has 0 fully saturated rings. The maximum absolute atomic E-state index is 12.8. The maximum Gasteiger partial charge on any atom is 0.312 e. The van der Waals surface area contributed by atoms with E-state index in [1.54, 1.807) is 19.0 Å². The standard InChI is InChI=1S/C7H8FN5/c1-13(2)6-4-5(10-3-9-4)11-7(8)12-6/h3H,1-2H3,(H,9,10,11,12). The van der Waals surface area contributed by atoms with Gasteiger partial charge in [0.25, 0.3) is 0 Å². The fraction of sp³-hybridized carbons (Fsp3) is 0.286. The van der Waals surface area contributed by atoms with Gasteiger partial charge in [0.1, 0.15) is 5.52 Å². The molecular formula is C7H8FN5. The number of rotatable bonds is 1. The van der Waals surface area contributed by atoms with Crippen molar-refractivity contribution in [2.45, 2.75) is 0 Å². The highest BCUT2D eigenvalue weighted by Gasteiger charge is 2.10. The highest BCUT2D eigenvalue weighted by molar-refractivity contribution is 5.82. The Kier molecular flexibility index (Phi) is 1.61. The quantitative estimate of drug-likeness (QED) is 0.653. The lowest BCUT2D eigenvalue weighted by molar-refractivity contribution is 0.543. The molecule has 0 aliphatic rings. The average Bonchev–Trinajstić information content (AvgIpc) is 2.49. The molecule has 0 saturated heterocycles. The lowest BCUT2D eigenvalue weighted by atomic mass is 10.5. The van der Waals surface area contributed by atoms with Gasteiger partial charge in [0.2, 0.25) is 0 Å².